The predicted octanol–water partition coefficient (Wildman–Crippen LogP) is 2.77. The summed E-state index contributed by atoms with van der Waals surface area (Å²) in [5, 5.41) is 13.1. The number of hydrogen-bond acceptors (Lipinski definition) is 2. The van der Waals surface area contributed by atoms with Crippen LogP contribution in [-0.2, 0) is 17.6 Å². The number of fused-ring (bicyclic) bond motifs is 1. The summed E-state index contributed by atoms with van der Waals surface area (Å²) in [5.41, 5.74) is 5.01. The summed E-state index contributed by atoms with van der Waals surface area (Å²) in [4.78, 5) is 11.3. The van der Waals surface area contributed by atoms with Gasteiger partial charge in [0.15, 0.2) is 0 Å². The van der Waals surface area contributed by atoms with Crippen molar-refractivity contribution in [3.63, 3.8) is 0 Å². The number of aryl methyl sites for hydroxylation is 1. The smallest absolute Gasteiger partial charge is 0.228 e. The zero-order valence-electron chi connectivity index (χ0n) is 11.4. The standard InChI is InChI=1S/C17H17NO2/c1-11-2-4-12(5-3-11)8-16(19)13-6-7-15-14(9-13)10-17(20)18-15/h2-7,9,16,19H,8,10H2,1H3,(H,18,20). The van der Waals surface area contributed by atoms with Crippen molar-refractivity contribution in [1.82, 2.24) is 0 Å². The third kappa shape index (κ3) is 2.58. The highest BCUT2D eigenvalue weighted by molar-refractivity contribution is 5.99. The summed E-state index contributed by atoms with van der Waals surface area (Å²) in [6.07, 6.45) is 0.444. The Labute approximate surface area is 118 Å². The summed E-state index contributed by atoms with van der Waals surface area (Å²) in [6.45, 7) is 2.05. The molecule has 0 saturated carbocycles. The third-order valence-electron chi connectivity index (χ3n) is 3.69. The van der Waals surface area contributed by atoms with Crippen LogP contribution < -0.4 is 5.32 Å². The molecule has 0 spiro atoms. The van der Waals surface area contributed by atoms with Crippen LogP contribution >= 0.6 is 0 Å². The lowest BCUT2D eigenvalue weighted by Crippen LogP contribution is -2.03. The Morgan fingerprint density at radius 1 is 1.20 bits per heavy atom. The van der Waals surface area contributed by atoms with Gasteiger partial charge in [0.1, 0.15) is 0 Å². The summed E-state index contributed by atoms with van der Waals surface area (Å²) in [7, 11) is 0. The Hall–Kier alpha value is -2.13. The van der Waals surface area contributed by atoms with E-state index in [0.29, 0.717) is 12.8 Å². The fraction of sp³-hybridized carbons (Fsp3) is 0.235. The van der Waals surface area contributed by atoms with Crippen LogP contribution in [0.3, 0.4) is 0 Å². The molecule has 2 aromatic carbocycles. The van der Waals surface area contributed by atoms with Crippen LogP contribution in [0.25, 0.3) is 0 Å². The number of nitrogens with one attached hydrogen (secondary N) is 1. The molecule has 0 bridgehead atoms. The van der Waals surface area contributed by atoms with Crippen LogP contribution in [0.4, 0.5) is 5.69 Å². The number of hydrogen-bond donors (Lipinski definition) is 2. The van der Waals surface area contributed by atoms with Gasteiger partial charge in [-0.2, -0.15) is 0 Å². The zero-order chi connectivity index (χ0) is 14.1. The van der Waals surface area contributed by atoms with Gasteiger partial charge < -0.3 is 10.4 Å². The predicted molar refractivity (Wildman–Crippen MR) is 78.6 cm³/mol. The Balaban J connectivity index is 1.77. The van der Waals surface area contributed by atoms with E-state index in [4.69, 9.17) is 0 Å². The van der Waals surface area contributed by atoms with Crippen LogP contribution in [-0.4, -0.2) is 11.0 Å². The van der Waals surface area contributed by atoms with Crippen molar-refractivity contribution in [1.29, 1.82) is 0 Å². The molecule has 102 valence electrons. The quantitative estimate of drug-likeness (QED) is 0.898. The molecule has 0 saturated heterocycles. The Morgan fingerprint density at radius 2 is 1.95 bits per heavy atom. The number of aliphatic hydroxyl groups is 1. The number of rotatable bonds is 3. The highest BCUT2D eigenvalue weighted by Gasteiger charge is 2.19. The number of carbonyl (C=O) groups is 1. The van der Waals surface area contributed by atoms with Crippen molar-refractivity contribution in [2.24, 2.45) is 0 Å². The lowest BCUT2D eigenvalue weighted by atomic mass is 9.98. The monoisotopic (exact) mass is 267 g/mol. The molecule has 1 atom stereocenters. The van der Waals surface area contributed by atoms with Crippen molar-refractivity contribution in [2.75, 3.05) is 5.32 Å². The minimum atomic E-state index is -0.543. The Morgan fingerprint density at radius 3 is 2.70 bits per heavy atom. The van der Waals surface area contributed by atoms with Gasteiger partial charge in [0, 0.05) is 12.1 Å². The van der Waals surface area contributed by atoms with E-state index in [-0.39, 0.29) is 5.91 Å². The van der Waals surface area contributed by atoms with Crippen molar-refractivity contribution in [3.8, 4) is 0 Å². The van der Waals surface area contributed by atoms with E-state index in [2.05, 4.69) is 5.32 Å². The van der Waals surface area contributed by atoms with Gasteiger partial charge in [0.05, 0.1) is 12.5 Å². The molecule has 1 aliphatic heterocycles. The molecule has 3 nitrogen and oxygen atoms in total. The highest BCUT2D eigenvalue weighted by Crippen LogP contribution is 2.27. The zero-order valence-corrected chi connectivity index (χ0v) is 11.4. The first-order valence-electron chi connectivity index (χ1n) is 6.78. The number of aliphatic hydroxyl groups excluding tert-OH is 1. The summed E-state index contributed by atoms with van der Waals surface area (Å²) in [6, 6.07) is 13.8. The molecule has 2 N–H and O–H groups in total. The van der Waals surface area contributed by atoms with Crippen LogP contribution in [0.15, 0.2) is 42.5 Å². The molecule has 0 aromatic heterocycles. The summed E-state index contributed by atoms with van der Waals surface area (Å²) < 4.78 is 0. The first kappa shape index (κ1) is 12.9. The van der Waals surface area contributed by atoms with Gasteiger partial charge >= 0.3 is 0 Å². The van der Waals surface area contributed by atoms with Crippen molar-refractivity contribution in [2.45, 2.75) is 25.9 Å². The van der Waals surface area contributed by atoms with E-state index in [0.717, 1.165) is 22.4 Å². The molecular formula is C17H17NO2. The minimum Gasteiger partial charge on any atom is -0.388 e. The van der Waals surface area contributed by atoms with Gasteiger partial charge in [-0.05, 0) is 29.7 Å². The van der Waals surface area contributed by atoms with Crippen molar-refractivity contribution in [3.05, 3.63) is 64.7 Å². The van der Waals surface area contributed by atoms with E-state index in [1.165, 1.54) is 5.56 Å². The number of carbonyl (C=O) groups excluding carboxylic acids is 1. The topological polar surface area (TPSA) is 49.3 Å². The van der Waals surface area contributed by atoms with Crippen molar-refractivity contribution < 1.29 is 9.90 Å². The average Bonchev–Trinajstić information content (AvgIpc) is 2.80. The van der Waals surface area contributed by atoms with E-state index in [1.54, 1.807) is 0 Å². The Kier molecular flexibility index (Phi) is 3.28. The lowest BCUT2D eigenvalue weighted by Gasteiger charge is -2.12. The average molecular weight is 267 g/mol. The van der Waals surface area contributed by atoms with Gasteiger partial charge in [-0.15, -0.1) is 0 Å². The lowest BCUT2D eigenvalue weighted by molar-refractivity contribution is -0.115. The molecule has 3 heteroatoms. The molecule has 1 unspecified atom stereocenters. The normalized spacial score (nSPS) is 14.8. The van der Waals surface area contributed by atoms with E-state index in [1.807, 2.05) is 49.4 Å². The molecule has 1 amide bonds. The maximum atomic E-state index is 11.3. The second-order valence-corrected chi connectivity index (χ2v) is 5.35. The first-order chi connectivity index (χ1) is 9.61. The fourth-order valence-corrected chi connectivity index (χ4v) is 2.52. The highest BCUT2D eigenvalue weighted by atomic mass is 16.3. The molecule has 0 fully saturated rings. The largest absolute Gasteiger partial charge is 0.388 e. The summed E-state index contributed by atoms with van der Waals surface area (Å²) >= 11 is 0. The molecule has 1 heterocycles. The van der Waals surface area contributed by atoms with Crippen LogP contribution in [0.1, 0.15) is 28.4 Å². The van der Waals surface area contributed by atoms with E-state index >= 15 is 0 Å². The number of amides is 1. The minimum absolute atomic E-state index is 0.0187. The summed E-state index contributed by atoms with van der Waals surface area (Å²) in [5.74, 6) is 0.0187. The van der Waals surface area contributed by atoms with Crippen LogP contribution in [0.5, 0.6) is 0 Å². The maximum absolute atomic E-state index is 11.3. The van der Waals surface area contributed by atoms with Crippen molar-refractivity contribution >= 4 is 11.6 Å². The van der Waals surface area contributed by atoms with Gasteiger partial charge in [-0.3, -0.25) is 4.79 Å². The second kappa shape index (κ2) is 5.10. The fourth-order valence-electron chi connectivity index (χ4n) is 2.52. The van der Waals surface area contributed by atoms with Gasteiger partial charge in [0.25, 0.3) is 0 Å². The van der Waals surface area contributed by atoms with Gasteiger partial charge in [-0.25, -0.2) is 0 Å². The molecule has 2 aromatic rings. The van der Waals surface area contributed by atoms with E-state index in [9.17, 15) is 9.90 Å². The second-order valence-electron chi connectivity index (χ2n) is 5.35. The third-order valence-corrected chi connectivity index (χ3v) is 3.69. The molecule has 0 aliphatic carbocycles. The number of anilines is 1. The van der Waals surface area contributed by atoms with Gasteiger partial charge in [0.2, 0.25) is 5.91 Å². The van der Waals surface area contributed by atoms with Crippen LogP contribution in [0.2, 0.25) is 0 Å². The first-order valence-corrected chi connectivity index (χ1v) is 6.78. The molecule has 3 rings (SSSR count). The van der Waals surface area contributed by atoms with E-state index < -0.39 is 6.10 Å². The molecule has 1 aliphatic rings. The molecule has 20 heavy (non-hydrogen) atoms. The number of benzene rings is 2. The van der Waals surface area contributed by atoms with Crippen LogP contribution in [0, 0.1) is 6.92 Å². The molecule has 0 radical (unpaired) electrons. The molecular weight excluding hydrogens is 250 g/mol. The maximum Gasteiger partial charge on any atom is 0.228 e. The SMILES string of the molecule is Cc1ccc(CC(O)c2ccc3c(c2)CC(=O)N3)cc1. The Bertz CT molecular complexity index is 647. The van der Waals surface area contributed by atoms with Gasteiger partial charge in [-0.1, -0.05) is 42.0 Å².